The first-order chi connectivity index (χ1) is 9.20. The van der Waals surface area contributed by atoms with Crippen molar-refractivity contribution in [3.05, 3.63) is 47.9 Å². The van der Waals surface area contributed by atoms with Crippen molar-refractivity contribution in [2.45, 2.75) is 6.92 Å². The maximum absolute atomic E-state index is 11.2. The maximum atomic E-state index is 11.2. The molecule has 0 aliphatic heterocycles. The van der Waals surface area contributed by atoms with Gasteiger partial charge in [0.05, 0.1) is 11.1 Å². The van der Waals surface area contributed by atoms with Gasteiger partial charge in [-0.05, 0) is 6.92 Å². The van der Waals surface area contributed by atoms with Crippen LogP contribution in [-0.4, -0.2) is 20.8 Å². The molecule has 0 atom stereocenters. The Morgan fingerprint density at radius 3 is 2.58 bits per heavy atom. The highest BCUT2D eigenvalue weighted by Gasteiger charge is 2.13. The molecule has 0 spiro atoms. The summed E-state index contributed by atoms with van der Waals surface area (Å²) in [5.41, 5.74) is 4.37. The fourth-order valence-electron chi connectivity index (χ4n) is 2.26. The van der Waals surface area contributed by atoms with Crippen LogP contribution in [-0.2, 0) is 7.05 Å². The molecule has 94 valence electrons. The zero-order valence-electron chi connectivity index (χ0n) is 10.8. The molecular formula is C15H13N3O. The van der Waals surface area contributed by atoms with Gasteiger partial charge in [0.15, 0.2) is 6.29 Å². The third-order valence-electron chi connectivity index (χ3n) is 3.23. The Balaban J connectivity index is 2.34. The van der Waals surface area contributed by atoms with Crippen LogP contribution in [0.1, 0.15) is 15.9 Å². The van der Waals surface area contributed by atoms with Gasteiger partial charge in [-0.15, -0.1) is 0 Å². The molecule has 0 bridgehead atoms. The van der Waals surface area contributed by atoms with Crippen molar-refractivity contribution in [2.24, 2.45) is 7.05 Å². The van der Waals surface area contributed by atoms with Crippen molar-refractivity contribution in [2.75, 3.05) is 0 Å². The number of nitrogens with zero attached hydrogens (tertiary/aromatic N) is 3. The van der Waals surface area contributed by atoms with E-state index in [4.69, 9.17) is 0 Å². The molecule has 3 aromatic rings. The largest absolute Gasteiger partial charge is 0.335 e. The molecule has 0 N–H and O–H groups in total. The van der Waals surface area contributed by atoms with E-state index in [1.807, 2.05) is 42.8 Å². The first kappa shape index (κ1) is 11.6. The smallest absolute Gasteiger partial charge is 0.152 e. The minimum absolute atomic E-state index is 0.619. The summed E-state index contributed by atoms with van der Waals surface area (Å²) in [6.45, 7) is 2.04. The van der Waals surface area contributed by atoms with E-state index in [0.717, 1.165) is 28.6 Å². The molecule has 1 aromatic carbocycles. The number of aromatic nitrogens is 3. The van der Waals surface area contributed by atoms with Crippen LogP contribution in [0.2, 0.25) is 0 Å². The number of hydrogen-bond donors (Lipinski definition) is 0. The van der Waals surface area contributed by atoms with E-state index in [9.17, 15) is 4.79 Å². The molecule has 0 saturated heterocycles. The first-order valence-corrected chi connectivity index (χ1v) is 6.03. The number of carbonyl (C=O) groups is 1. The minimum Gasteiger partial charge on any atom is -0.335 e. The molecule has 3 rings (SSSR count). The summed E-state index contributed by atoms with van der Waals surface area (Å²) in [7, 11) is 1.88. The second kappa shape index (κ2) is 4.31. The van der Waals surface area contributed by atoms with E-state index < -0.39 is 0 Å². The van der Waals surface area contributed by atoms with Gasteiger partial charge in [0.25, 0.3) is 0 Å². The van der Waals surface area contributed by atoms with Crippen LogP contribution in [0.4, 0.5) is 0 Å². The van der Waals surface area contributed by atoms with Gasteiger partial charge in [0.1, 0.15) is 12.0 Å². The van der Waals surface area contributed by atoms with Crippen LogP contribution in [0.25, 0.3) is 22.3 Å². The number of benzene rings is 1. The Hall–Kier alpha value is -2.49. The molecule has 0 aliphatic rings. The van der Waals surface area contributed by atoms with Crippen molar-refractivity contribution in [3.8, 4) is 11.3 Å². The molecule has 2 heterocycles. The van der Waals surface area contributed by atoms with E-state index >= 15 is 0 Å². The lowest BCUT2D eigenvalue weighted by Gasteiger charge is -2.04. The second-order valence-corrected chi connectivity index (χ2v) is 4.60. The van der Waals surface area contributed by atoms with E-state index in [2.05, 4.69) is 9.97 Å². The first-order valence-electron chi connectivity index (χ1n) is 6.03. The topological polar surface area (TPSA) is 47.8 Å². The highest BCUT2D eigenvalue weighted by molar-refractivity contribution is 6.03. The van der Waals surface area contributed by atoms with E-state index in [1.54, 1.807) is 6.20 Å². The van der Waals surface area contributed by atoms with Crippen LogP contribution >= 0.6 is 0 Å². The number of rotatable bonds is 2. The number of carbonyl (C=O) groups excluding carboxylic acids is 1. The quantitative estimate of drug-likeness (QED) is 0.658. The lowest BCUT2D eigenvalue weighted by atomic mass is 10.1. The maximum Gasteiger partial charge on any atom is 0.152 e. The van der Waals surface area contributed by atoms with Crippen molar-refractivity contribution in [3.63, 3.8) is 0 Å². The SMILES string of the molecule is Cc1ccc(-c2ncnc3c2c(C=O)cn3C)cc1. The molecule has 4 heteroatoms. The summed E-state index contributed by atoms with van der Waals surface area (Å²) in [6.07, 6.45) is 4.17. The van der Waals surface area contributed by atoms with Crippen LogP contribution < -0.4 is 0 Å². The standard InChI is InChI=1S/C15H13N3O/c1-10-3-5-11(6-4-10)14-13-12(8-19)7-18(2)15(13)17-9-16-14/h3-9H,1-2H3. The van der Waals surface area contributed by atoms with Crippen LogP contribution in [0.5, 0.6) is 0 Å². The molecule has 0 aliphatic carbocycles. The fraction of sp³-hybridized carbons (Fsp3) is 0.133. The lowest BCUT2D eigenvalue weighted by molar-refractivity contribution is 0.112. The van der Waals surface area contributed by atoms with E-state index in [1.165, 1.54) is 11.9 Å². The summed E-state index contributed by atoms with van der Waals surface area (Å²) in [4.78, 5) is 19.8. The predicted molar refractivity (Wildman–Crippen MR) is 74.1 cm³/mol. The average Bonchev–Trinajstić information content (AvgIpc) is 2.77. The molecule has 0 unspecified atom stereocenters. The van der Waals surface area contributed by atoms with E-state index in [0.29, 0.717) is 5.56 Å². The Morgan fingerprint density at radius 1 is 1.16 bits per heavy atom. The van der Waals surface area contributed by atoms with Crippen LogP contribution in [0.15, 0.2) is 36.8 Å². The Labute approximate surface area is 110 Å². The molecule has 2 aromatic heterocycles. The van der Waals surface area contributed by atoms with Gasteiger partial charge in [0, 0.05) is 24.4 Å². The van der Waals surface area contributed by atoms with Gasteiger partial charge in [0.2, 0.25) is 0 Å². The van der Waals surface area contributed by atoms with Crippen LogP contribution in [0.3, 0.4) is 0 Å². The van der Waals surface area contributed by atoms with Crippen molar-refractivity contribution < 1.29 is 4.79 Å². The van der Waals surface area contributed by atoms with Gasteiger partial charge in [-0.3, -0.25) is 4.79 Å². The van der Waals surface area contributed by atoms with Crippen molar-refractivity contribution >= 4 is 17.3 Å². The Morgan fingerprint density at radius 2 is 1.89 bits per heavy atom. The van der Waals surface area contributed by atoms with Gasteiger partial charge in [-0.25, -0.2) is 9.97 Å². The number of aldehydes is 1. The summed E-state index contributed by atoms with van der Waals surface area (Å²) in [5, 5.41) is 0.809. The lowest BCUT2D eigenvalue weighted by Crippen LogP contribution is -1.92. The third kappa shape index (κ3) is 1.81. The summed E-state index contributed by atoms with van der Waals surface area (Å²) in [6, 6.07) is 8.09. The monoisotopic (exact) mass is 251 g/mol. The van der Waals surface area contributed by atoms with Gasteiger partial charge in [-0.1, -0.05) is 29.8 Å². The number of aryl methyl sites for hydroxylation is 2. The highest BCUT2D eigenvalue weighted by atomic mass is 16.1. The average molecular weight is 251 g/mol. The third-order valence-corrected chi connectivity index (χ3v) is 3.23. The van der Waals surface area contributed by atoms with Gasteiger partial charge in [-0.2, -0.15) is 0 Å². The zero-order valence-corrected chi connectivity index (χ0v) is 10.8. The molecule has 0 fully saturated rings. The van der Waals surface area contributed by atoms with Crippen LogP contribution in [0, 0.1) is 6.92 Å². The highest BCUT2D eigenvalue weighted by Crippen LogP contribution is 2.28. The Kier molecular flexibility index (Phi) is 2.63. The number of fused-ring (bicyclic) bond motifs is 1. The van der Waals surface area contributed by atoms with Gasteiger partial charge >= 0.3 is 0 Å². The summed E-state index contributed by atoms with van der Waals surface area (Å²) >= 11 is 0. The number of hydrogen-bond acceptors (Lipinski definition) is 3. The summed E-state index contributed by atoms with van der Waals surface area (Å²) < 4.78 is 1.85. The molecule has 4 nitrogen and oxygen atoms in total. The van der Waals surface area contributed by atoms with Crippen molar-refractivity contribution in [1.82, 2.24) is 14.5 Å². The predicted octanol–water partition coefficient (Wildman–Crippen LogP) is 2.76. The Bertz CT molecular complexity index is 757. The molecule has 0 amide bonds. The van der Waals surface area contributed by atoms with Gasteiger partial charge < -0.3 is 4.57 Å². The molecule has 0 saturated carbocycles. The summed E-state index contributed by atoms with van der Waals surface area (Å²) in [5.74, 6) is 0. The second-order valence-electron chi connectivity index (χ2n) is 4.60. The normalized spacial score (nSPS) is 10.8. The molecular weight excluding hydrogens is 238 g/mol. The molecule has 0 radical (unpaired) electrons. The van der Waals surface area contributed by atoms with E-state index in [-0.39, 0.29) is 0 Å². The molecule has 19 heavy (non-hydrogen) atoms. The zero-order chi connectivity index (χ0) is 13.4. The minimum atomic E-state index is 0.619. The fourth-order valence-corrected chi connectivity index (χ4v) is 2.26. The van der Waals surface area contributed by atoms with Crippen molar-refractivity contribution in [1.29, 1.82) is 0 Å².